The lowest BCUT2D eigenvalue weighted by Gasteiger charge is -2.11. The fourth-order valence-electron chi connectivity index (χ4n) is 1.44. The van der Waals surface area contributed by atoms with Gasteiger partial charge in [-0.3, -0.25) is 4.79 Å². The van der Waals surface area contributed by atoms with Crippen LogP contribution in [0.4, 0.5) is 0 Å². The maximum Gasteiger partial charge on any atom is 0.244 e. The summed E-state index contributed by atoms with van der Waals surface area (Å²) in [6.07, 6.45) is 1.79. The smallest absolute Gasteiger partial charge is 0.244 e. The van der Waals surface area contributed by atoms with Crippen molar-refractivity contribution in [3.63, 3.8) is 0 Å². The van der Waals surface area contributed by atoms with E-state index in [2.05, 4.69) is 34.8 Å². The molecule has 0 spiro atoms. The second-order valence-electron chi connectivity index (χ2n) is 4.69. The molecule has 2 N–H and O–H groups in total. The van der Waals surface area contributed by atoms with E-state index >= 15 is 0 Å². The number of methoxy groups -OCH3 is 1. The first-order valence-electron chi connectivity index (χ1n) is 6.45. The molecule has 0 bridgehead atoms. The predicted octanol–water partition coefficient (Wildman–Crippen LogP) is 0.0997. The van der Waals surface area contributed by atoms with E-state index in [1.54, 1.807) is 24.9 Å². The number of nitrogens with zero attached hydrogens (tertiary/aromatic N) is 3. The van der Waals surface area contributed by atoms with E-state index in [1.807, 2.05) is 0 Å². The molecular weight excluding hydrogens is 246 g/mol. The van der Waals surface area contributed by atoms with E-state index in [-0.39, 0.29) is 11.9 Å². The van der Waals surface area contributed by atoms with Crippen molar-refractivity contribution in [1.29, 1.82) is 0 Å². The number of rotatable bonds is 8. The Kier molecular flexibility index (Phi) is 6.44. The molecule has 0 aliphatic heterocycles. The fourth-order valence-corrected chi connectivity index (χ4v) is 1.44. The number of carbonyl (C=O) groups is 1. The highest BCUT2D eigenvalue weighted by atomic mass is 16.5. The number of aromatic nitrogens is 3. The Bertz CT molecular complexity index is 391. The summed E-state index contributed by atoms with van der Waals surface area (Å²) in [4.78, 5) is 11.8. The second kappa shape index (κ2) is 7.85. The number of carbonyl (C=O) groups excluding carboxylic acids is 1. The van der Waals surface area contributed by atoms with Gasteiger partial charge in [0, 0.05) is 26.2 Å². The van der Waals surface area contributed by atoms with E-state index in [0.717, 1.165) is 5.69 Å². The number of nitrogens with one attached hydrogen (secondary N) is 2. The molecule has 0 saturated carbocycles. The molecule has 0 radical (unpaired) electrons. The van der Waals surface area contributed by atoms with E-state index < -0.39 is 0 Å². The molecule has 0 aromatic carbocycles. The van der Waals surface area contributed by atoms with Crippen LogP contribution in [0.2, 0.25) is 0 Å². The predicted molar refractivity (Wildman–Crippen MR) is 71.6 cm³/mol. The molecule has 108 valence electrons. The Morgan fingerprint density at radius 1 is 1.47 bits per heavy atom. The van der Waals surface area contributed by atoms with Crippen LogP contribution in [0.25, 0.3) is 0 Å². The molecule has 0 aliphatic rings. The average Bonchev–Trinajstić information content (AvgIpc) is 2.84. The summed E-state index contributed by atoms with van der Waals surface area (Å²) in [5.74, 6) is -0.0923. The molecule has 1 rings (SSSR count). The highest BCUT2D eigenvalue weighted by Gasteiger charge is 2.16. The van der Waals surface area contributed by atoms with Crippen molar-refractivity contribution in [1.82, 2.24) is 25.6 Å². The minimum absolute atomic E-state index is 0.0923. The van der Waals surface area contributed by atoms with Crippen LogP contribution in [-0.4, -0.2) is 47.2 Å². The Labute approximate surface area is 113 Å². The molecule has 7 heteroatoms. The van der Waals surface area contributed by atoms with Crippen molar-refractivity contribution in [3.8, 4) is 0 Å². The van der Waals surface area contributed by atoms with Gasteiger partial charge >= 0.3 is 0 Å². The third-order valence-electron chi connectivity index (χ3n) is 2.63. The van der Waals surface area contributed by atoms with Crippen LogP contribution in [0.1, 0.15) is 32.5 Å². The van der Waals surface area contributed by atoms with Crippen molar-refractivity contribution in [3.05, 3.63) is 11.9 Å². The molecule has 1 aromatic rings. The summed E-state index contributed by atoms with van der Waals surface area (Å²) in [5.41, 5.74) is 0.824. The van der Waals surface area contributed by atoms with Crippen molar-refractivity contribution < 1.29 is 9.53 Å². The fraction of sp³-hybridized carbons (Fsp3) is 0.750. The van der Waals surface area contributed by atoms with Crippen molar-refractivity contribution >= 4 is 5.91 Å². The molecule has 0 saturated heterocycles. The van der Waals surface area contributed by atoms with Gasteiger partial charge in [0.1, 0.15) is 6.04 Å². The molecule has 1 unspecified atom stereocenters. The van der Waals surface area contributed by atoms with Gasteiger partial charge in [-0.1, -0.05) is 19.1 Å². The standard InChI is InChI=1S/C12H23N5O2/c1-9(2)14-7-11-8-17(16-15-11)10(3)12(18)13-5-6-19-4/h8-10,14H,5-7H2,1-4H3,(H,13,18). The Hall–Kier alpha value is -1.47. The molecule has 0 aliphatic carbocycles. The van der Waals surface area contributed by atoms with Crippen LogP contribution in [0.3, 0.4) is 0 Å². The first-order chi connectivity index (χ1) is 9.04. The molecular formula is C12H23N5O2. The molecule has 7 nitrogen and oxygen atoms in total. The lowest BCUT2D eigenvalue weighted by Crippen LogP contribution is -2.33. The highest BCUT2D eigenvalue weighted by molar-refractivity contribution is 5.79. The topological polar surface area (TPSA) is 81.1 Å². The first kappa shape index (κ1) is 15.6. The second-order valence-corrected chi connectivity index (χ2v) is 4.69. The van der Waals surface area contributed by atoms with Gasteiger partial charge < -0.3 is 15.4 Å². The Morgan fingerprint density at radius 3 is 2.84 bits per heavy atom. The van der Waals surface area contributed by atoms with E-state index in [4.69, 9.17) is 4.74 Å². The van der Waals surface area contributed by atoms with Gasteiger partial charge in [0.2, 0.25) is 5.91 Å². The lowest BCUT2D eigenvalue weighted by atomic mass is 10.3. The lowest BCUT2D eigenvalue weighted by molar-refractivity contribution is -0.124. The number of ether oxygens (including phenoxy) is 1. The minimum atomic E-state index is -0.378. The molecule has 1 atom stereocenters. The summed E-state index contributed by atoms with van der Waals surface area (Å²) in [6, 6.07) is 0.0112. The van der Waals surface area contributed by atoms with Crippen LogP contribution >= 0.6 is 0 Å². The third-order valence-corrected chi connectivity index (χ3v) is 2.63. The summed E-state index contributed by atoms with van der Waals surface area (Å²) in [7, 11) is 1.60. The summed E-state index contributed by atoms with van der Waals surface area (Å²) in [6.45, 7) is 7.56. The van der Waals surface area contributed by atoms with Gasteiger partial charge in [-0.15, -0.1) is 5.10 Å². The van der Waals surface area contributed by atoms with Gasteiger partial charge in [-0.25, -0.2) is 4.68 Å². The van der Waals surface area contributed by atoms with Crippen LogP contribution in [0.15, 0.2) is 6.20 Å². The van der Waals surface area contributed by atoms with Gasteiger partial charge in [0.05, 0.1) is 18.5 Å². The van der Waals surface area contributed by atoms with Gasteiger partial charge in [0.25, 0.3) is 0 Å². The number of hydrogen-bond acceptors (Lipinski definition) is 5. The van der Waals surface area contributed by atoms with Crippen molar-refractivity contribution in [2.45, 2.75) is 39.4 Å². The molecule has 1 heterocycles. The summed E-state index contributed by atoms with van der Waals surface area (Å²) < 4.78 is 6.45. The Balaban J connectivity index is 2.47. The number of hydrogen-bond donors (Lipinski definition) is 2. The summed E-state index contributed by atoms with van der Waals surface area (Å²) in [5, 5.41) is 14.0. The van der Waals surface area contributed by atoms with E-state index in [0.29, 0.717) is 25.7 Å². The molecule has 1 amide bonds. The maximum atomic E-state index is 11.8. The third kappa shape index (κ3) is 5.35. The monoisotopic (exact) mass is 269 g/mol. The van der Waals surface area contributed by atoms with Gasteiger partial charge in [-0.2, -0.15) is 0 Å². The van der Waals surface area contributed by atoms with Crippen LogP contribution < -0.4 is 10.6 Å². The normalized spacial score (nSPS) is 12.7. The van der Waals surface area contributed by atoms with Crippen LogP contribution in [0.5, 0.6) is 0 Å². The van der Waals surface area contributed by atoms with Crippen molar-refractivity contribution in [2.24, 2.45) is 0 Å². The first-order valence-corrected chi connectivity index (χ1v) is 6.45. The largest absolute Gasteiger partial charge is 0.383 e. The molecule has 19 heavy (non-hydrogen) atoms. The quantitative estimate of drug-likeness (QED) is 0.654. The van der Waals surface area contributed by atoms with Crippen LogP contribution in [0, 0.1) is 0 Å². The summed E-state index contributed by atoms with van der Waals surface area (Å²) >= 11 is 0. The van der Waals surface area contributed by atoms with Crippen LogP contribution in [-0.2, 0) is 16.1 Å². The zero-order valence-corrected chi connectivity index (χ0v) is 12.0. The molecule has 0 fully saturated rings. The Morgan fingerprint density at radius 2 is 2.21 bits per heavy atom. The van der Waals surface area contributed by atoms with Gasteiger partial charge in [0.15, 0.2) is 0 Å². The van der Waals surface area contributed by atoms with E-state index in [1.165, 1.54) is 0 Å². The zero-order valence-electron chi connectivity index (χ0n) is 12.0. The maximum absolute atomic E-state index is 11.8. The number of amides is 1. The van der Waals surface area contributed by atoms with E-state index in [9.17, 15) is 4.79 Å². The highest BCUT2D eigenvalue weighted by Crippen LogP contribution is 2.04. The zero-order chi connectivity index (χ0) is 14.3. The van der Waals surface area contributed by atoms with Gasteiger partial charge in [-0.05, 0) is 6.92 Å². The average molecular weight is 269 g/mol. The minimum Gasteiger partial charge on any atom is -0.383 e. The molecule has 1 aromatic heterocycles. The van der Waals surface area contributed by atoms with Crippen molar-refractivity contribution in [2.75, 3.05) is 20.3 Å². The SMILES string of the molecule is COCCNC(=O)C(C)n1cc(CNC(C)C)nn1.